The molecule has 0 saturated carbocycles. The monoisotopic (exact) mass is 261 g/mol. The summed E-state index contributed by atoms with van der Waals surface area (Å²) >= 11 is 5.25. The molecule has 1 aromatic heterocycles. The van der Waals surface area contributed by atoms with Gasteiger partial charge >= 0.3 is 0 Å². The zero-order valence-corrected chi connectivity index (χ0v) is 10.5. The van der Waals surface area contributed by atoms with E-state index in [0.29, 0.717) is 6.04 Å². The molecule has 0 radical (unpaired) electrons. The topological polar surface area (TPSA) is 12.0 Å². The van der Waals surface area contributed by atoms with Crippen LogP contribution in [0.25, 0.3) is 0 Å². The molecule has 0 bridgehead atoms. The van der Waals surface area contributed by atoms with Crippen molar-refractivity contribution in [2.45, 2.75) is 32.7 Å². The van der Waals surface area contributed by atoms with Gasteiger partial charge in [-0.15, -0.1) is 11.3 Å². The van der Waals surface area contributed by atoms with Gasteiger partial charge in [-0.3, -0.25) is 0 Å². The van der Waals surface area contributed by atoms with Gasteiger partial charge in [-0.2, -0.15) is 0 Å². The molecule has 13 heavy (non-hydrogen) atoms. The van der Waals surface area contributed by atoms with Crippen LogP contribution in [-0.4, -0.2) is 6.54 Å². The Bertz CT molecular complexity index is 241. The van der Waals surface area contributed by atoms with Crippen LogP contribution in [0, 0.1) is 0 Å². The van der Waals surface area contributed by atoms with Crippen LogP contribution in [0.3, 0.4) is 0 Å². The molecule has 0 aromatic carbocycles. The van der Waals surface area contributed by atoms with Gasteiger partial charge in [0.15, 0.2) is 0 Å². The fraction of sp³-hybridized carbons (Fsp3) is 0.600. The van der Waals surface area contributed by atoms with Gasteiger partial charge in [-0.1, -0.05) is 20.3 Å². The highest BCUT2D eigenvalue weighted by Gasteiger charge is 2.10. The third-order valence-corrected chi connectivity index (χ3v) is 3.54. The fourth-order valence-corrected chi connectivity index (χ4v) is 2.66. The van der Waals surface area contributed by atoms with Crippen LogP contribution in [-0.2, 0) is 0 Å². The molecule has 0 aliphatic carbocycles. The van der Waals surface area contributed by atoms with Crippen molar-refractivity contribution >= 4 is 27.3 Å². The molecule has 0 spiro atoms. The molecule has 3 heteroatoms. The molecule has 1 heterocycles. The molecule has 1 aromatic rings. The Morgan fingerprint density at radius 3 is 2.77 bits per heavy atom. The van der Waals surface area contributed by atoms with Gasteiger partial charge in [-0.25, -0.2) is 0 Å². The van der Waals surface area contributed by atoms with Crippen molar-refractivity contribution in [3.05, 3.63) is 20.8 Å². The summed E-state index contributed by atoms with van der Waals surface area (Å²) in [5, 5.41) is 5.73. The van der Waals surface area contributed by atoms with E-state index in [0.717, 1.165) is 6.54 Å². The largest absolute Gasteiger partial charge is 0.310 e. The summed E-state index contributed by atoms with van der Waals surface area (Å²) in [6.07, 6.45) is 2.45. The first kappa shape index (κ1) is 11.2. The van der Waals surface area contributed by atoms with Crippen molar-refractivity contribution in [2.75, 3.05) is 6.54 Å². The minimum Gasteiger partial charge on any atom is -0.310 e. The van der Waals surface area contributed by atoms with E-state index < -0.39 is 0 Å². The molecule has 0 amide bonds. The van der Waals surface area contributed by atoms with E-state index in [1.54, 1.807) is 11.3 Å². The Labute approximate surface area is 92.7 Å². The van der Waals surface area contributed by atoms with Crippen LogP contribution in [0.15, 0.2) is 15.2 Å². The molecule has 1 unspecified atom stereocenters. The lowest BCUT2D eigenvalue weighted by Crippen LogP contribution is -2.19. The maximum Gasteiger partial charge on any atom is 0.0701 e. The number of thiophene rings is 1. The van der Waals surface area contributed by atoms with Crippen LogP contribution >= 0.6 is 27.3 Å². The lowest BCUT2D eigenvalue weighted by Gasteiger charge is -2.15. The second kappa shape index (κ2) is 5.78. The van der Waals surface area contributed by atoms with E-state index in [4.69, 9.17) is 0 Å². The third kappa shape index (κ3) is 3.41. The predicted molar refractivity (Wildman–Crippen MR) is 63.3 cm³/mol. The third-order valence-electron chi connectivity index (χ3n) is 2.02. The predicted octanol–water partition coefficient (Wildman–Crippen LogP) is 3.96. The van der Waals surface area contributed by atoms with Crippen molar-refractivity contribution < 1.29 is 0 Å². The summed E-state index contributed by atoms with van der Waals surface area (Å²) < 4.78 is 1.22. The highest BCUT2D eigenvalue weighted by Crippen LogP contribution is 2.27. The second-order valence-corrected chi connectivity index (χ2v) is 5.37. The smallest absolute Gasteiger partial charge is 0.0701 e. The Balaban J connectivity index is 2.63. The number of hydrogen-bond acceptors (Lipinski definition) is 2. The lowest BCUT2D eigenvalue weighted by molar-refractivity contribution is 0.510. The average Bonchev–Trinajstić information content (AvgIpc) is 2.51. The molecule has 1 nitrogen and oxygen atoms in total. The van der Waals surface area contributed by atoms with E-state index in [2.05, 4.69) is 46.5 Å². The summed E-state index contributed by atoms with van der Waals surface area (Å²) in [6, 6.07) is 2.76. The maximum atomic E-state index is 3.50. The standard InChI is InChI=1S/C10H16BrNS/c1-3-5-9(12-4-2)8-6-10(11)13-7-8/h6-7,9,12H,3-5H2,1-2H3. The lowest BCUT2D eigenvalue weighted by atomic mass is 10.1. The van der Waals surface area contributed by atoms with Crippen molar-refractivity contribution in [3.63, 3.8) is 0 Å². The number of nitrogens with one attached hydrogen (secondary N) is 1. The molecular weight excluding hydrogens is 246 g/mol. The van der Waals surface area contributed by atoms with E-state index >= 15 is 0 Å². The van der Waals surface area contributed by atoms with Crippen molar-refractivity contribution in [3.8, 4) is 0 Å². The highest BCUT2D eigenvalue weighted by molar-refractivity contribution is 9.11. The van der Waals surface area contributed by atoms with Gasteiger partial charge in [0, 0.05) is 6.04 Å². The van der Waals surface area contributed by atoms with Gasteiger partial charge in [-0.05, 0) is 45.9 Å². The average molecular weight is 262 g/mol. The minimum atomic E-state index is 0.539. The first-order valence-corrected chi connectivity index (χ1v) is 6.42. The second-order valence-electron chi connectivity index (χ2n) is 3.08. The summed E-state index contributed by atoms with van der Waals surface area (Å²) in [5.41, 5.74) is 1.42. The minimum absolute atomic E-state index is 0.539. The van der Waals surface area contributed by atoms with Gasteiger partial charge in [0.2, 0.25) is 0 Å². The van der Waals surface area contributed by atoms with Gasteiger partial charge in [0.05, 0.1) is 3.79 Å². The molecule has 0 aliphatic rings. The first-order valence-electron chi connectivity index (χ1n) is 4.75. The highest BCUT2D eigenvalue weighted by atomic mass is 79.9. The molecule has 1 atom stereocenters. The first-order chi connectivity index (χ1) is 6.27. The summed E-state index contributed by atoms with van der Waals surface area (Å²) in [5.74, 6) is 0. The fourth-order valence-electron chi connectivity index (χ4n) is 1.43. The molecular formula is C10H16BrNS. The van der Waals surface area contributed by atoms with E-state index in [-0.39, 0.29) is 0 Å². The van der Waals surface area contributed by atoms with Crippen LogP contribution in [0.2, 0.25) is 0 Å². The van der Waals surface area contributed by atoms with E-state index in [1.165, 1.54) is 22.2 Å². The summed E-state index contributed by atoms with van der Waals surface area (Å²) in [7, 11) is 0. The molecule has 1 N–H and O–H groups in total. The van der Waals surface area contributed by atoms with Crippen molar-refractivity contribution in [2.24, 2.45) is 0 Å². The van der Waals surface area contributed by atoms with Gasteiger partial charge in [0.1, 0.15) is 0 Å². The molecule has 1 rings (SSSR count). The molecule has 0 aliphatic heterocycles. The molecule has 74 valence electrons. The zero-order valence-electron chi connectivity index (χ0n) is 8.14. The zero-order chi connectivity index (χ0) is 9.68. The Kier molecular flexibility index (Phi) is 4.99. The van der Waals surface area contributed by atoms with Crippen LogP contribution in [0.4, 0.5) is 0 Å². The number of halogens is 1. The van der Waals surface area contributed by atoms with E-state index in [9.17, 15) is 0 Å². The van der Waals surface area contributed by atoms with Crippen molar-refractivity contribution in [1.29, 1.82) is 0 Å². The molecule has 0 saturated heterocycles. The summed E-state index contributed by atoms with van der Waals surface area (Å²) in [6.45, 7) is 5.42. The van der Waals surface area contributed by atoms with E-state index in [1.807, 2.05) is 0 Å². The Morgan fingerprint density at radius 1 is 1.54 bits per heavy atom. The summed E-state index contributed by atoms with van der Waals surface area (Å²) in [4.78, 5) is 0. The Hall–Kier alpha value is 0.140. The number of rotatable bonds is 5. The number of hydrogen-bond donors (Lipinski definition) is 1. The van der Waals surface area contributed by atoms with Crippen LogP contribution in [0.5, 0.6) is 0 Å². The Morgan fingerprint density at radius 2 is 2.31 bits per heavy atom. The van der Waals surface area contributed by atoms with Crippen molar-refractivity contribution in [1.82, 2.24) is 5.32 Å². The molecule has 0 fully saturated rings. The van der Waals surface area contributed by atoms with Crippen LogP contribution < -0.4 is 5.32 Å². The maximum absolute atomic E-state index is 3.50. The quantitative estimate of drug-likeness (QED) is 0.846. The van der Waals surface area contributed by atoms with Crippen LogP contribution in [0.1, 0.15) is 38.3 Å². The SMILES string of the molecule is CCCC(NCC)c1csc(Br)c1. The van der Waals surface area contributed by atoms with Gasteiger partial charge in [0.25, 0.3) is 0 Å². The normalized spacial score (nSPS) is 13.2. The van der Waals surface area contributed by atoms with Gasteiger partial charge < -0.3 is 5.32 Å².